The molecule has 2 heterocycles. The summed E-state index contributed by atoms with van der Waals surface area (Å²) in [6.45, 7) is 9.14. The van der Waals surface area contributed by atoms with Crippen LogP contribution in [0.1, 0.15) is 69.0 Å². The molecule has 6 nitrogen and oxygen atoms in total. The van der Waals surface area contributed by atoms with Crippen LogP contribution >= 0.6 is 0 Å². The molecule has 0 fully saturated rings. The van der Waals surface area contributed by atoms with Crippen LogP contribution in [0.25, 0.3) is 21.9 Å². The van der Waals surface area contributed by atoms with E-state index in [0.717, 1.165) is 53.4 Å². The van der Waals surface area contributed by atoms with Crippen LogP contribution in [0.4, 0.5) is 5.82 Å². The molecule has 5 N–H and O–H groups in total. The maximum atomic E-state index is 10.7. The van der Waals surface area contributed by atoms with Crippen molar-refractivity contribution in [2.75, 3.05) is 12.3 Å². The number of rotatable bonds is 9. The zero-order valence-electron chi connectivity index (χ0n) is 20.8. The molecule has 2 aromatic carbocycles. The summed E-state index contributed by atoms with van der Waals surface area (Å²) in [5.41, 5.74) is 17.4. The number of hydrogen-bond donors (Lipinski definition) is 3. The first-order valence-corrected chi connectivity index (χ1v) is 12.3. The minimum Gasteiger partial charge on any atom is -0.389 e. The van der Waals surface area contributed by atoms with Gasteiger partial charge >= 0.3 is 0 Å². The number of fused-ring (bicyclic) bond motifs is 3. The van der Waals surface area contributed by atoms with E-state index in [1.54, 1.807) is 0 Å². The van der Waals surface area contributed by atoms with Gasteiger partial charge in [-0.05, 0) is 62.4 Å². The van der Waals surface area contributed by atoms with E-state index >= 15 is 0 Å². The first-order valence-electron chi connectivity index (χ1n) is 12.3. The van der Waals surface area contributed by atoms with E-state index in [1.807, 2.05) is 13.8 Å². The highest BCUT2D eigenvalue weighted by molar-refractivity contribution is 6.06. The van der Waals surface area contributed by atoms with E-state index in [1.165, 1.54) is 16.7 Å². The average Bonchev–Trinajstić information content (AvgIpc) is 3.14. The maximum absolute atomic E-state index is 10.7. The molecule has 1 atom stereocenters. The zero-order valence-corrected chi connectivity index (χ0v) is 20.8. The van der Waals surface area contributed by atoms with Crippen molar-refractivity contribution in [2.24, 2.45) is 5.73 Å². The van der Waals surface area contributed by atoms with Gasteiger partial charge in [0.2, 0.25) is 0 Å². The molecule has 4 aromatic rings. The fraction of sp³-hybridized carbons (Fsp3) is 0.429. The van der Waals surface area contributed by atoms with Crippen LogP contribution in [0.2, 0.25) is 0 Å². The summed E-state index contributed by atoms with van der Waals surface area (Å²) in [7, 11) is 0. The Kier molecular flexibility index (Phi) is 6.91. The number of nitrogens with zero attached hydrogens (tertiary/aromatic N) is 3. The summed E-state index contributed by atoms with van der Waals surface area (Å²) in [4.78, 5) is 9.66. The van der Waals surface area contributed by atoms with Gasteiger partial charge in [0.25, 0.3) is 0 Å². The lowest BCUT2D eigenvalue weighted by molar-refractivity contribution is 0.0615. The van der Waals surface area contributed by atoms with Crippen LogP contribution < -0.4 is 11.5 Å². The Balaban J connectivity index is 1.80. The summed E-state index contributed by atoms with van der Waals surface area (Å²) in [5.74, 6) is 1.66. The van der Waals surface area contributed by atoms with E-state index in [-0.39, 0.29) is 5.92 Å². The Morgan fingerprint density at radius 3 is 2.35 bits per heavy atom. The molecule has 0 aliphatic heterocycles. The van der Waals surface area contributed by atoms with Gasteiger partial charge < -0.3 is 21.1 Å². The van der Waals surface area contributed by atoms with Gasteiger partial charge in [0.15, 0.2) is 5.82 Å². The molecular weight excluding hydrogens is 422 g/mol. The van der Waals surface area contributed by atoms with Crippen molar-refractivity contribution in [3.8, 4) is 0 Å². The van der Waals surface area contributed by atoms with Crippen molar-refractivity contribution in [3.05, 3.63) is 65.0 Å². The summed E-state index contributed by atoms with van der Waals surface area (Å²) in [5, 5.41) is 11.7. The number of benzene rings is 2. The van der Waals surface area contributed by atoms with Gasteiger partial charge in [0, 0.05) is 11.3 Å². The third kappa shape index (κ3) is 5.08. The van der Waals surface area contributed by atoms with Crippen LogP contribution in [-0.2, 0) is 19.4 Å². The minimum atomic E-state index is -0.880. The number of nitrogens with two attached hydrogens (primary N) is 2. The molecule has 34 heavy (non-hydrogen) atoms. The molecule has 4 rings (SSSR count). The highest BCUT2D eigenvalue weighted by Crippen LogP contribution is 2.34. The number of nitrogen functional groups attached to an aromatic ring is 1. The van der Waals surface area contributed by atoms with Crippen LogP contribution in [0, 0.1) is 0 Å². The van der Waals surface area contributed by atoms with E-state index < -0.39 is 5.60 Å². The predicted octanol–water partition coefficient (Wildman–Crippen LogP) is 4.93. The quantitative estimate of drug-likeness (QED) is 0.329. The summed E-state index contributed by atoms with van der Waals surface area (Å²) in [6, 6.07) is 15.0. The number of anilines is 1. The molecule has 2 aromatic heterocycles. The SMILES string of the molecule is CCC[C@@H](C)c1nc2c(N)nc3cc(Cc4ccc(CCN)cc4)ccc3c2n1CC(C)(C)O. The predicted molar refractivity (Wildman–Crippen MR) is 141 cm³/mol. The largest absolute Gasteiger partial charge is 0.389 e. The first-order chi connectivity index (χ1) is 16.2. The molecule has 0 radical (unpaired) electrons. The van der Waals surface area contributed by atoms with Crippen molar-refractivity contribution in [3.63, 3.8) is 0 Å². The molecule has 0 saturated carbocycles. The Labute approximate surface area is 202 Å². The van der Waals surface area contributed by atoms with Crippen molar-refractivity contribution in [1.82, 2.24) is 14.5 Å². The Morgan fingerprint density at radius 1 is 1.03 bits per heavy atom. The number of aliphatic hydroxyl groups is 1. The molecule has 6 heteroatoms. The molecule has 180 valence electrons. The highest BCUT2D eigenvalue weighted by Gasteiger charge is 2.24. The van der Waals surface area contributed by atoms with Gasteiger partial charge in [-0.15, -0.1) is 0 Å². The van der Waals surface area contributed by atoms with Crippen LogP contribution in [0.3, 0.4) is 0 Å². The number of pyridine rings is 1. The van der Waals surface area contributed by atoms with E-state index in [9.17, 15) is 5.11 Å². The summed E-state index contributed by atoms with van der Waals surface area (Å²) < 4.78 is 2.16. The average molecular weight is 460 g/mol. The monoisotopic (exact) mass is 459 g/mol. The van der Waals surface area contributed by atoms with Gasteiger partial charge in [-0.2, -0.15) is 0 Å². The second-order valence-electron chi connectivity index (χ2n) is 10.1. The van der Waals surface area contributed by atoms with Gasteiger partial charge in [0.1, 0.15) is 11.3 Å². The first kappa shape index (κ1) is 24.2. The summed E-state index contributed by atoms with van der Waals surface area (Å²) in [6.07, 6.45) is 3.80. The summed E-state index contributed by atoms with van der Waals surface area (Å²) >= 11 is 0. The fourth-order valence-corrected chi connectivity index (χ4v) is 4.80. The Bertz CT molecular complexity index is 1280. The topological polar surface area (TPSA) is 103 Å². The lowest BCUT2D eigenvalue weighted by Gasteiger charge is -2.22. The molecule has 0 bridgehead atoms. The maximum Gasteiger partial charge on any atom is 0.152 e. The molecule has 0 aliphatic carbocycles. The molecule has 0 amide bonds. The van der Waals surface area contributed by atoms with Crippen molar-refractivity contribution in [1.29, 1.82) is 0 Å². The van der Waals surface area contributed by atoms with E-state index in [0.29, 0.717) is 18.9 Å². The standard InChI is InChI=1S/C28H37N5O/c1-5-6-18(2)27-32-24-25(33(27)17-28(3,4)34)22-12-11-21(16-23(22)31-26(24)30)15-20-9-7-19(8-10-20)13-14-29/h7-12,16,18,34H,5-6,13-15,17,29H2,1-4H3,(H2,30,31)/t18-/m1/s1. The third-order valence-electron chi connectivity index (χ3n) is 6.37. The van der Waals surface area contributed by atoms with E-state index in [2.05, 4.69) is 60.9 Å². The lowest BCUT2D eigenvalue weighted by Crippen LogP contribution is -2.27. The lowest BCUT2D eigenvalue weighted by atomic mass is 10.0. The molecule has 0 unspecified atom stereocenters. The van der Waals surface area contributed by atoms with Crippen LogP contribution in [0.5, 0.6) is 0 Å². The zero-order chi connectivity index (χ0) is 24.5. The molecule has 0 spiro atoms. The van der Waals surface area contributed by atoms with Gasteiger partial charge in [-0.1, -0.05) is 56.7 Å². The van der Waals surface area contributed by atoms with Crippen LogP contribution in [0.15, 0.2) is 42.5 Å². The minimum absolute atomic E-state index is 0.260. The Morgan fingerprint density at radius 2 is 1.71 bits per heavy atom. The normalized spacial score (nSPS) is 13.1. The third-order valence-corrected chi connectivity index (χ3v) is 6.37. The fourth-order valence-electron chi connectivity index (χ4n) is 4.80. The molecular formula is C28H37N5O. The molecule has 0 saturated heterocycles. The van der Waals surface area contributed by atoms with Crippen LogP contribution in [-0.4, -0.2) is 31.8 Å². The molecule has 0 aliphatic rings. The van der Waals surface area contributed by atoms with Gasteiger partial charge in [0.05, 0.1) is 23.2 Å². The smallest absolute Gasteiger partial charge is 0.152 e. The second-order valence-corrected chi connectivity index (χ2v) is 10.1. The second kappa shape index (κ2) is 9.72. The van der Waals surface area contributed by atoms with E-state index in [4.69, 9.17) is 21.4 Å². The number of imidazole rings is 1. The highest BCUT2D eigenvalue weighted by atomic mass is 16.3. The van der Waals surface area contributed by atoms with Crippen molar-refractivity contribution < 1.29 is 5.11 Å². The van der Waals surface area contributed by atoms with Gasteiger partial charge in [-0.25, -0.2) is 9.97 Å². The van der Waals surface area contributed by atoms with Crippen molar-refractivity contribution in [2.45, 2.75) is 71.4 Å². The van der Waals surface area contributed by atoms with Crippen molar-refractivity contribution >= 4 is 27.8 Å². The van der Waals surface area contributed by atoms with Gasteiger partial charge in [-0.3, -0.25) is 0 Å². The number of aromatic nitrogens is 3. The Hall–Kier alpha value is -2.96. The number of hydrogen-bond acceptors (Lipinski definition) is 5.